The fourth-order valence-electron chi connectivity index (χ4n) is 2.86. The SMILES string of the molecule is COc1ccc(-c2csc(NC(=O)/C=C/c3ccc(OCCC(C)C)c(OC)c3)n2)cc1. The summed E-state index contributed by atoms with van der Waals surface area (Å²) in [7, 11) is 3.24. The van der Waals surface area contributed by atoms with Crippen molar-refractivity contribution < 1.29 is 19.0 Å². The van der Waals surface area contributed by atoms with Crippen molar-refractivity contribution in [1.82, 2.24) is 4.98 Å². The van der Waals surface area contributed by atoms with Crippen molar-refractivity contribution in [3.8, 4) is 28.5 Å². The summed E-state index contributed by atoms with van der Waals surface area (Å²) in [6.45, 7) is 4.95. The van der Waals surface area contributed by atoms with E-state index >= 15 is 0 Å². The molecule has 0 unspecified atom stereocenters. The second kappa shape index (κ2) is 11.3. The molecular weight excluding hydrogens is 424 g/mol. The normalized spacial score (nSPS) is 11.0. The summed E-state index contributed by atoms with van der Waals surface area (Å²) in [6.07, 6.45) is 4.18. The Hall–Kier alpha value is -3.32. The van der Waals surface area contributed by atoms with Gasteiger partial charge in [0.05, 0.1) is 26.5 Å². The average Bonchev–Trinajstić information content (AvgIpc) is 3.26. The van der Waals surface area contributed by atoms with Crippen LogP contribution in [0.1, 0.15) is 25.8 Å². The van der Waals surface area contributed by atoms with Gasteiger partial charge in [-0.25, -0.2) is 4.98 Å². The molecule has 0 spiro atoms. The zero-order valence-corrected chi connectivity index (χ0v) is 19.6. The highest BCUT2D eigenvalue weighted by atomic mass is 32.1. The van der Waals surface area contributed by atoms with Gasteiger partial charge in [-0.1, -0.05) is 19.9 Å². The number of aromatic nitrogens is 1. The summed E-state index contributed by atoms with van der Waals surface area (Å²) >= 11 is 1.38. The monoisotopic (exact) mass is 452 g/mol. The molecule has 0 atom stereocenters. The Bertz CT molecular complexity index is 1060. The van der Waals surface area contributed by atoms with E-state index in [1.54, 1.807) is 20.3 Å². The lowest BCUT2D eigenvalue weighted by atomic mass is 10.1. The summed E-state index contributed by atoms with van der Waals surface area (Å²) in [5, 5.41) is 5.25. The summed E-state index contributed by atoms with van der Waals surface area (Å²) in [5.74, 6) is 2.45. The molecule has 0 saturated heterocycles. The van der Waals surface area contributed by atoms with Gasteiger partial charge in [-0.05, 0) is 60.4 Å². The lowest BCUT2D eigenvalue weighted by Gasteiger charge is -2.12. The van der Waals surface area contributed by atoms with Crippen LogP contribution in [0.4, 0.5) is 5.13 Å². The van der Waals surface area contributed by atoms with E-state index in [-0.39, 0.29) is 5.91 Å². The Balaban J connectivity index is 1.59. The fourth-order valence-corrected chi connectivity index (χ4v) is 3.58. The molecule has 1 N–H and O–H groups in total. The van der Waals surface area contributed by atoms with Gasteiger partial charge in [-0.15, -0.1) is 11.3 Å². The first-order valence-electron chi connectivity index (χ1n) is 10.4. The minimum atomic E-state index is -0.253. The molecule has 3 aromatic rings. The van der Waals surface area contributed by atoms with E-state index in [9.17, 15) is 4.79 Å². The molecule has 0 bridgehead atoms. The minimum absolute atomic E-state index is 0.253. The number of benzene rings is 2. The summed E-state index contributed by atoms with van der Waals surface area (Å²) in [5.41, 5.74) is 2.60. The third-order valence-electron chi connectivity index (χ3n) is 4.69. The second-order valence-electron chi connectivity index (χ2n) is 7.53. The number of carbonyl (C=O) groups is 1. The predicted molar refractivity (Wildman–Crippen MR) is 130 cm³/mol. The fraction of sp³-hybridized carbons (Fsp3) is 0.280. The first kappa shape index (κ1) is 23.3. The van der Waals surface area contributed by atoms with Crippen LogP contribution in [0.2, 0.25) is 0 Å². The maximum absolute atomic E-state index is 12.3. The minimum Gasteiger partial charge on any atom is -0.497 e. The number of thiazole rings is 1. The molecule has 1 amide bonds. The Kier molecular flexibility index (Phi) is 8.27. The van der Waals surface area contributed by atoms with Crippen LogP contribution >= 0.6 is 11.3 Å². The van der Waals surface area contributed by atoms with Gasteiger partial charge in [0.2, 0.25) is 5.91 Å². The summed E-state index contributed by atoms with van der Waals surface area (Å²) < 4.78 is 16.4. The number of nitrogens with zero attached hydrogens (tertiary/aromatic N) is 1. The van der Waals surface area contributed by atoms with Gasteiger partial charge in [0.15, 0.2) is 16.6 Å². The smallest absolute Gasteiger partial charge is 0.250 e. The van der Waals surface area contributed by atoms with Crippen LogP contribution in [0, 0.1) is 5.92 Å². The van der Waals surface area contributed by atoms with Gasteiger partial charge in [0, 0.05) is 17.0 Å². The number of hydrogen-bond acceptors (Lipinski definition) is 6. The number of methoxy groups -OCH3 is 2. The quantitative estimate of drug-likeness (QED) is 0.388. The van der Waals surface area contributed by atoms with E-state index in [1.807, 2.05) is 47.8 Å². The summed E-state index contributed by atoms with van der Waals surface area (Å²) in [6, 6.07) is 13.2. The third kappa shape index (κ3) is 6.59. The largest absolute Gasteiger partial charge is 0.497 e. The number of rotatable bonds is 10. The van der Waals surface area contributed by atoms with E-state index in [0.717, 1.165) is 29.0 Å². The highest BCUT2D eigenvalue weighted by molar-refractivity contribution is 7.14. The number of nitrogens with one attached hydrogen (secondary N) is 1. The van der Waals surface area contributed by atoms with E-state index in [2.05, 4.69) is 24.1 Å². The van der Waals surface area contributed by atoms with Gasteiger partial charge >= 0.3 is 0 Å². The number of amides is 1. The van der Waals surface area contributed by atoms with Crippen LogP contribution in [0.15, 0.2) is 53.9 Å². The van der Waals surface area contributed by atoms with Crippen LogP contribution in [-0.2, 0) is 4.79 Å². The highest BCUT2D eigenvalue weighted by Crippen LogP contribution is 2.29. The van der Waals surface area contributed by atoms with Gasteiger partial charge in [0.1, 0.15) is 5.75 Å². The second-order valence-corrected chi connectivity index (χ2v) is 8.39. The molecule has 0 aliphatic heterocycles. The molecule has 32 heavy (non-hydrogen) atoms. The zero-order chi connectivity index (χ0) is 22.9. The van der Waals surface area contributed by atoms with E-state index in [1.165, 1.54) is 17.4 Å². The van der Waals surface area contributed by atoms with Crippen molar-refractivity contribution in [2.24, 2.45) is 5.92 Å². The highest BCUT2D eigenvalue weighted by Gasteiger charge is 2.08. The van der Waals surface area contributed by atoms with Crippen molar-refractivity contribution in [3.05, 3.63) is 59.5 Å². The molecule has 0 saturated carbocycles. The molecule has 0 aliphatic carbocycles. The number of hydrogen-bond donors (Lipinski definition) is 1. The van der Waals surface area contributed by atoms with Crippen LogP contribution in [0.5, 0.6) is 17.2 Å². The van der Waals surface area contributed by atoms with E-state index in [0.29, 0.717) is 29.2 Å². The first-order chi connectivity index (χ1) is 15.5. The molecule has 6 nitrogen and oxygen atoms in total. The zero-order valence-electron chi connectivity index (χ0n) is 18.8. The molecule has 2 aromatic carbocycles. The maximum atomic E-state index is 12.3. The molecule has 1 aromatic heterocycles. The van der Waals surface area contributed by atoms with Crippen molar-refractivity contribution in [3.63, 3.8) is 0 Å². The molecule has 0 fully saturated rings. The Morgan fingerprint density at radius 2 is 1.88 bits per heavy atom. The van der Waals surface area contributed by atoms with Crippen molar-refractivity contribution in [1.29, 1.82) is 0 Å². The van der Waals surface area contributed by atoms with Crippen LogP contribution in [0.25, 0.3) is 17.3 Å². The summed E-state index contributed by atoms with van der Waals surface area (Å²) in [4.78, 5) is 16.8. The molecular formula is C25H28N2O4S. The first-order valence-corrected chi connectivity index (χ1v) is 11.3. The molecule has 0 aliphatic rings. The van der Waals surface area contributed by atoms with Gasteiger partial charge in [0.25, 0.3) is 0 Å². The molecule has 7 heteroatoms. The standard InChI is InChI=1S/C25H28N2O4S/c1-17(2)13-14-31-22-11-5-18(15-23(22)30-4)6-12-24(28)27-25-26-21(16-32-25)19-7-9-20(29-3)10-8-19/h5-12,15-17H,13-14H2,1-4H3,(H,26,27,28)/b12-6+. The van der Waals surface area contributed by atoms with Crippen molar-refractivity contribution in [2.75, 3.05) is 26.1 Å². The Labute approximate surface area is 192 Å². The lowest BCUT2D eigenvalue weighted by molar-refractivity contribution is -0.111. The van der Waals surface area contributed by atoms with Gasteiger partial charge in [-0.3, -0.25) is 10.1 Å². The lowest BCUT2D eigenvalue weighted by Crippen LogP contribution is -2.07. The average molecular weight is 453 g/mol. The van der Waals surface area contributed by atoms with Crippen LogP contribution in [0.3, 0.4) is 0 Å². The molecule has 168 valence electrons. The molecule has 0 radical (unpaired) electrons. The van der Waals surface area contributed by atoms with Gasteiger partial charge in [-0.2, -0.15) is 0 Å². The Morgan fingerprint density at radius 1 is 1.09 bits per heavy atom. The van der Waals surface area contributed by atoms with E-state index in [4.69, 9.17) is 14.2 Å². The molecule has 3 rings (SSSR count). The molecule has 1 heterocycles. The number of anilines is 1. The number of ether oxygens (including phenoxy) is 3. The van der Waals surface area contributed by atoms with E-state index < -0.39 is 0 Å². The Morgan fingerprint density at radius 3 is 2.56 bits per heavy atom. The van der Waals surface area contributed by atoms with Crippen molar-refractivity contribution >= 4 is 28.5 Å². The predicted octanol–water partition coefficient (Wildman–Crippen LogP) is 5.90. The topological polar surface area (TPSA) is 69.7 Å². The van der Waals surface area contributed by atoms with Crippen molar-refractivity contribution in [2.45, 2.75) is 20.3 Å². The number of carbonyl (C=O) groups excluding carboxylic acids is 1. The van der Waals surface area contributed by atoms with Crippen LogP contribution < -0.4 is 19.5 Å². The van der Waals surface area contributed by atoms with Gasteiger partial charge < -0.3 is 14.2 Å². The van der Waals surface area contributed by atoms with Crippen LogP contribution in [-0.4, -0.2) is 31.7 Å². The third-order valence-corrected chi connectivity index (χ3v) is 5.45. The maximum Gasteiger partial charge on any atom is 0.250 e.